The van der Waals surface area contributed by atoms with Gasteiger partial charge in [-0.3, -0.25) is 0 Å². The zero-order valence-corrected chi connectivity index (χ0v) is 15.5. The van der Waals surface area contributed by atoms with E-state index in [1.54, 1.807) is 12.1 Å². The van der Waals surface area contributed by atoms with Crippen LogP contribution in [-0.4, -0.2) is 32.4 Å². The standard InChI is InChI=1S/C17H21BrN2O2S/c1-14-7-8-17(16(18)13-14)23(21,22)20(12-10-19)11-9-15-5-3-2-4-6-15/h2-8,13H,9-12,19H2,1H3. The molecule has 4 nitrogen and oxygen atoms in total. The van der Waals surface area contributed by atoms with Crippen LogP contribution in [0.5, 0.6) is 0 Å². The molecule has 0 aromatic heterocycles. The van der Waals surface area contributed by atoms with Gasteiger partial charge in [-0.05, 0) is 52.5 Å². The van der Waals surface area contributed by atoms with Gasteiger partial charge in [0.15, 0.2) is 0 Å². The Morgan fingerprint density at radius 3 is 2.39 bits per heavy atom. The first kappa shape index (κ1) is 18.1. The highest BCUT2D eigenvalue weighted by Crippen LogP contribution is 2.26. The third-order valence-electron chi connectivity index (χ3n) is 3.58. The Hall–Kier alpha value is -1.21. The van der Waals surface area contributed by atoms with E-state index < -0.39 is 10.0 Å². The average molecular weight is 397 g/mol. The second kappa shape index (κ2) is 8.06. The Kier molecular flexibility index (Phi) is 6.35. The molecule has 2 N–H and O–H groups in total. The molecule has 0 radical (unpaired) electrons. The lowest BCUT2D eigenvalue weighted by molar-refractivity contribution is 0.421. The molecule has 0 aliphatic carbocycles. The van der Waals surface area contributed by atoms with Gasteiger partial charge in [0.1, 0.15) is 0 Å². The summed E-state index contributed by atoms with van der Waals surface area (Å²) in [5.74, 6) is 0. The lowest BCUT2D eigenvalue weighted by Crippen LogP contribution is -2.37. The van der Waals surface area contributed by atoms with Crippen LogP contribution in [-0.2, 0) is 16.4 Å². The summed E-state index contributed by atoms with van der Waals surface area (Å²) >= 11 is 3.36. The lowest BCUT2D eigenvalue weighted by atomic mass is 10.1. The van der Waals surface area contributed by atoms with Gasteiger partial charge in [-0.1, -0.05) is 36.4 Å². The highest BCUT2D eigenvalue weighted by atomic mass is 79.9. The zero-order valence-electron chi connectivity index (χ0n) is 13.1. The SMILES string of the molecule is Cc1ccc(S(=O)(=O)N(CCN)CCc2ccccc2)c(Br)c1. The maximum atomic E-state index is 12.9. The van der Waals surface area contributed by atoms with Crippen LogP contribution in [0, 0.1) is 6.92 Å². The van der Waals surface area contributed by atoms with Gasteiger partial charge < -0.3 is 5.73 Å². The number of hydrogen-bond donors (Lipinski definition) is 1. The number of benzene rings is 2. The van der Waals surface area contributed by atoms with Gasteiger partial charge >= 0.3 is 0 Å². The van der Waals surface area contributed by atoms with Crippen molar-refractivity contribution in [2.45, 2.75) is 18.2 Å². The predicted octanol–water partition coefficient (Wildman–Crippen LogP) is 2.95. The number of hydrogen-bond acceptors (Lipinski definition) is 3. The molecular formula is C17H21BrN2O2S. The summed E-state index contributed by atoms with van der Waals surface area (Å²) in [6, 6.07) is 15.1. The Bertz CT molecular complexity index is 748. The molecule has 0 aliphatic heterocycles. The monoisotopic (exact) mass is 396 g/mol. The van der Waals surface area contributed by atoms with E-state index in [0.29, 0.717) is 24.0 Å². The van der Waals surface area contributed by atoms with Crippen molar-refractivity contribution in [2.75, 3.05) is 19.6 Å². The first-order valence-electron chi connectivity index (χ1n) is 7.45. The Balaban J connectivity index is 2.24. The fraction of sp³-hybridized carbons (Fsp3) is 0.294. The molecule has 0 saturated heterocycles. The second-order valence-electron chi connectivity index (χ2n) is 5.36. The third-order valence-corrected chi connectivity index (χ3v) is 6.45. The fourth-order valence-electron chi connectivity index (χ4n) is 2.35. The summed E-state index contributed by atoms with van der Waals surface area (Å²) < 4.78 is 27.9. The molecule has 0 atom stereocenters. The molecule has 0 fully saturated rings. The minimum atomic E-state index is -3.57. The van der Waals surface area contributed by atoms with Crippen molar-refractivity contribution in [1.29, 1.82) is 0 Å². The quantitative estimate of drug-likeness (QED) is 0.782. The Morgan fingerprint density at radius 1 is 1.09 bits per heavy atom. The van der Waals surface area contributed by atoms with E-state index in [2.05, 4.69) is 15.9 Å². The first-order chi connectivity index (χ1) is 10.9. The van der Waals surface area contributed by atoms with Crippen LogP contribution in [0.1, 0.15) is 11.1 Å². The van der Waals surface area contributed by atoms with E-state index >= 15 is 0 Å². The molecular weight excluding hydrogens is 376 g/mol. The van der Waals surface area contributed by atoms with Crippen molar-refractivity contribution in [3.63, 3.8) is 0 Å². The van der Waals surface area contributed by atoms with Crippen LogP contribution >= 0.6 is 15.9 Å². The van der Waals surface area contributed by atoms with Gasteiger partial charge in [0.2, 0.25) is 10.0 Å². The molecule has 0 spiro atoms. The molecule has 2 rings (SSSR count). The smallest absolute Gasteiger partial charge is 0.244 e. The van der Waals surface area contributed by atoms with Gasteiger partial charge in [-0.2, -0.15) is 4.31 Å². The minimum absolute atomic E-state index is 0.282. The topological polar surface area (TPSA) is 63.4 Å². The number of halogens is 1. The largest absolute Gasteiger partial charge is 0.329 e. The molecule has 124 valence electrons. The number of rotatable bonds is 7. The van der Waals surface area contributed by atoms with Crippen LogP contribution in [0.15, 0.2) is 57.9 Å². The summed E-state index contributed by atoms with van der Waals surface area (Å²) in [6.07, 6.45) is 0.656. The molecule has 2 aromatic carbocycles. The van der Waals surface area contributed by atoms with E-state index in [9.17, 15) is 8.42 Å². The van der Waals surface area contributed by atoms with Gasteiger partial charge in [-0.25, -0.2) is 8.42 Å². The van der Waals surface area contributed by atoms with Crippen LogP contribution in [0.3, 0.4) is 0 Å². The first-order valence-corrected chi connectivity index (χ1v) is 9.69. The zero-order chi connectivity index (χ0) is 16.9. The molecule has 0 heterocycles. The number of sulfonamides is 1. The molecule has 0 saturated carbocycles. The molecule has 0 unspecified atom stereocenters. The van der Waals surface area contributed by atoms with Crippen molar-refractivity contribution in [3.05, 3.63) is 64.1 Å². The maximum Gasteiger partial charge on any atom is 0.244 e. The molecule has 23 heavy (non-hydrogen) atoms. The average Bonchev–Trinajstić information content (AvgIpc) is 2.52. The highest BCUT2D eigenvalue weighted by Gasteiger charge is 2.25. The van der Waals surface area contributed by atoms with Crippen LogP contribution < -0.4 is 5.73 Å². The highest BCUT2D eigenvalue weighted by molar-refractivity contribution is 9.10. The van der Waals surface area contributed by atoms with Crippen molar-refractivity contribution >= 4 is 26.0 Å². The van der Waals surface area contributed by atoms with E-state index in [1.807, 2.05) is 43.3 Å². The van der Waals surface area contributed by atoms with Crippen molar-refractivity contribution in [2.24, 2.45) is 5.73 Å². The summed E-state index contributed by atoms with van der Waals surface area (Å²) in [6.45, 7) is 2.92. The number of aryl methyl sites for hydroxylation is 1. The van der Waals surface area contributed by atoms with E-state index in [0.717, 1.165) is 11.1 Å². The fourth-order valence-corrected chi connectivity index (χ4v) is 4.96. The summed E-state index contributed by atoms with van der Waals surface area (Å²) in [7, 11) is -3.57. The van der Waals surface area contributed by atoms with Gasteiger partial charge in [0.05, 0.1) is 4.90 Å². The Morgan fingerprint density at radius 2 is 1.78 bits per heavy atom. The van der Waals surface area contributed by atoms with Gasteiger partial charge in [-0.15, -0.1) is 0 Å². The van der Waals surface area contributed by atoms with E-state index in [-0.39, 0.29) is 11.4 Å². The molecule has 2 aromatic rings. The van der Waals surface area contributed by atoms with Crippen LogP contribution in [0.25, 0.3) is 0 Å². The van der Waals surface area contributed by atoms with E-state index in [4.69, 9.17) is 5.73 Å². The van der Waals surface area contributed by atoms with Crippen LogP contribution in [0.2, 0.25) is 0 Å². The van der Waals surface area contributed by atoms with Crippen molar-refractivity contribution in [3.8, 4) is 0 Å². The minimum Gasteiger partial charge on any atom is -0.329 e. The summed E-state index contributed by atoms with van der Waals surface area (Å²) in [5.41, 5.74) is 7.73. The summed E-state index contributed by atoms with van der Waals surface area (Å²) in [4.78, 5) is 0.282. The van der Waals surface area contributed by atoms with Crippen molar-refractivity contribution < 1.29 is 8.42 Å². The van der Waals surface area contributed by atoms with Gasteiger partial charge in [0, 0.05) is 24.1 Å². The second-order valence-corrected chi connectivity index (χ2v) is 8.12. The molecule has 0 bridgehead atoms. The summed E-state index contributed by atoms with van der Waals surface area (Å²) in [5, 5.41) is 0. The normalized spacial score (nSPS) is 11.8. The number of nitrogens with zero attached hydrogens (tertiary/aromatic N) is 1. The molecule has 0 aliphatic rings. The lowest BCUT2D eigenvalue weighted by Gasteiger charge is -2.22. The van der Waals surface area contributed by atoms with Crippen LogP contribution in [0.4, 0.5) is 0 Å². The third kappa shape index (κ3) is 4.64. The van der Waals surface area contributed by atoms with Crippen molar-refractivity contribution in [1.82, 2.24) is 4.31 Å². The molecule has 6 heteroatoms. The van der Waals surface area contributed by atoms with E-state index in [1.165, 1.54) is 4.31 Å². The molecule has 0 amide bonds. The Labute approximate surface area is 146 Å². The number of nitrogens with two attached hydrogens (primary N) is 1. The maximum absolute atomic E-state index is 12.9. The predicted molar refractivity (Wildman–Crippen MR) is 96.8 cm³/mol. The van der Waals surface area contributed by atoms with Gasteiger partial charge in [0.25, 0.3) is 0 Å².